The molecule has 0 atom stereocenters. The molecule has 0 unspecified atom stereocenters. The first-order valence-electron chi connectivity index (χ1n) is 10.4. The third kappa shape index (κ3) is 5.42. The Bertz CT molecular complexity index is 1180. The Labute approximate surface area is 190 Å². The Morgan fingerprint density at radius 2 is 1.66 bits per heavy atom. The highest BCUT2D eigenvalue weighted by molar-refractivity contribution is 7.98. The van der Waals surface area contributed by atoms with E-state index in [0.29, 0.717) is 11.3 Å². The molecule has 7 heteroatoms. The Morgan fingerprint density at radius 3 is 2.34 bits per heavy atom. The summed E-state index contributed by atoms with van der Waals surface area (Å²) in [6, 6.07) is 23.4. The monoisotopic (exact) mass is 446 g/mol. The molecule has 1 amide bonds. The van der Waals surface area contributed by atoms with Crippen LogP contribution < -0.4 is 5.32 Å². The number of nitrogens with one attached hydrogen (secondary N) is 1. The number of hydrogen-bond donors (Lipinski definition) is 1. The second kappa shape index (κ2) is 10.2. The van der Waals surface area contributed by atoms with Crippen LogP contribution in [0.5, 0.6) is 0 Å². The van der Waals surface area contributed by atoms with Gasteiger partial charge in [0.25, 0.3) is 5.91 Å². The molecule has 162 valence electrons. The minimum absolute atomic E-state index is 0.231. The molecule has 32 heavy (non-hydrogen) atoms. The predicted octanol–water partition coefficient (Wildman–Crippen LogP) is 5.57. The average molecular weight is 447 g/mol. The van der Waals surface area contributed by atoms with Gasteiger partial charge in [-0.3, -0.25) is 4.79 Å². The lowest BCUT2D eigenvalue weighted by Gasteiger charge is -2.10. The highest BCUT2D eigenvalue weighted by Crippen LogP contribution is 2.23. The fourth-order valence-electron chi connectivity index (χ4n) is 3.25. The first kappa shape index (κ1) is 21.8. The molecule has 5 nitrogen and oxygen atoms in total. The lowest BCUT2D eigenvalue weighted by molar-refractivity contribution is 0.102. The molecule has 0 bridgehead atoms. The third-order valence-electron chi connectivity index (χ3n) is 4.98. The maximum absolute atomic E-state index is 13.0. The number of aryl methyl sites for hydroxylation is 1. The molecule has 0 saturated carbocycles. The summed E-state index contributed by atoms with van der Waals surface area (Å²) in [5.41, 5.74) is 3.39. The summed E-state index contributed by atoms with van der Waals surface area (Å²) in [5.74, 6) is 1.11. The Kier molecular flexibility index (Phi) is 6.97. The highest BCUT2D eigenvalue weighted by Gasteiger charge is 2.12. The lowest BCUT2D eigenvalue weighted by atomic mass is 10.1. The minimum atomic E-state index is -0.337. The van der Waals surface area contributed by atoms with E-state index in [2.05, 4.69) is 39.1 Å². The molecule has 1 aromatic heterocycles. The smallest absolute Gasteiger partial charge is 0.255 e. The van der Waals surface area contributed by atoms with E-state index in [0.717, 1.165) is 35.3 Å². The van der Waals surface area contributed by atoms with Crippen LogP contribution in [-0.4, -0.2) is 20.7 Å². The van der Waals surface area contributed by atoms with Crippen LogP contribution in [-0.2, 0) is 18.7 Å². The van der Waals surface area contributed by atoms with E-state index in [1.165, 1.54) is 29.8 Å². The number of hydrogen-bond acceptors (Lipinski definition) is 4. The maximum Gasteiger partial charge on any atom is 0.255 e. The standard InChI is InChI=1S/C25H23FN4OS/c1-2-23-28-29-25(30(23)16-18-6-4-3-5-7-18)32-17-19-8-10-20(11-9-19)24(31)27-22-14-12-21(26)13-15-22/h3-15H,2,16-17H2,1H3,(H,27,31). The maximum atomic E-state index is 13.0. The number of anilines is 1. The summed E-state index contributed by atoms with van der Waals surface area (Å²) in [4.78, 5) is 12.4. The molecule has 3 aromatic carbocycles. The second-order valence-electron chi connectivity index (χ2n) is 7.27. The van der Waals surface area contributed by atoms with Crippen molar-refractivity contribution in [3.05, 3.63) is 107 Å². The number of aromatic nitrogens is 3. The van der Waals surface area contributed by atoms with Gasteiger partial charge in [0, 0.05) is 23.4 Å². The fraction of sp³-hybridized carbons (Fsp3) is 0.160. The van der Waals surface area contributed by atoms with Crippen molar-refractivity contribution in [1.82, 2.24) is 14.8 Å². The normalized spacial score (nSPS) is 10.8. The third-order valence-corrected chi connectivity index (χ3v) is 6.02. The zero-order chi connectivity index (χ0) is 22.3. The summed E-state index contributed by atoms with van der Waals surface area (Å²) < 4.78 is 15.2. The summed E-state index contributed by atoms with van der Waals surface area (Å²) in [6.07, 6.45) is 0.818. The number of rotatable bonds is 8. The molecule has 0 saturated heterocycles. The van der Waals surface area contributed by atoms with E-state index in [4.69, 9.17) is 0 Å². The van der Waals surface area contributed by atoms with Gasteiger partial charge in [0.1, 0.15) is 11.6 Å². The first-order valence-corrected chi connectivity index (χ1v) is 11.4. The molecule has 0 spiro atoms. The summed E-state index contributed by atoms with van der Waals surface area (Å²) in [5, 5.41) is 12.4. The number of benzene rings is 3. The molecule has 0 aliphatic rings. The van der Waals surface area contributed by atoms with Crippen molar-refractivity contribution in [1.29, 1.82) is 0 Å². The molecule has 4 aromatic rings. The predicted molar refractivity (Wildman–Crippen MR) is 125 cm³/mol. The van der Waals surface area contributed by atoms with Gasteiger partial charge in [0.15, 0.2) is 5.16 Å². The van der Waals surface area contributed by atoms with Gasteiger partial charge in [-0.05, 0) is 47.5 Å². The average Bonchev–Trinajstić information content (AvgIpc) is 3.21. The molecule has 0 aliphatic heterocycles. The molecule has 1 N–H and O–H groups in total. The fourth-order valence-corrected chi connectivity index (χ4v) is 4.16. The molecule has 0 radical (unpaired) electrons. The Morgan fingerprint density at radius 1 is 0.938 bits per heavy atom. The Balaban J connectivity index is 1.39. The summed E-state index contributed by atoms with van der Waals surface area (Å²) in [6.45, 7) is 2.82. The molecule has 1 heterocycles. The van der Waals surface area contributed by atoms with E-state index in [1.807, 2.05) is 30.3 Å². The number of carbonyl (C=O) groups excluding carboxylic acids is 1. The number of thioether (sulfide) groups is 1. The molecule has 0 aliphatic carbocycles. The van der Waals surface area contributed by atoms with Crippen LogP contribution in [0, 0.1) is 5.82 Å². The SMILES string of the molecule is CCc1nnc(SCc2ccc(C(=O)Nc3ccc(F)cc3)cc2)n1Cc1ccccc1. The quantitative estimate of drug-likeness (QED) is 0.359. The number of carbonyl (C=O) groups is 1. The van der Waals surface area contributed by atoms with E-state index in [1.54, 1.807) is 23.9 Å². The molecular formula is C25H23FN4OS. The zero-order valence-electron chi connectivity index (χ0n) is 17.7. The van der Waals surface area contributed by atoms with Crippen molar-refractivity contribution in [2.45, 2.75) is 30.8 Å². The van der Waals surface area contributed by atoms with Gasteiger partial charge < -0.3 is 9.88 Å². The van der Waals surface area contributed by atoms with Crippen LogP contribution in [0.3, 0.4) is 0 Å². The van der Waals surface area contributed by atoms with Crippen molar-refractivity contribution in [3.63, 3.8) is 0 Å². The van der Waals surface area contributed by atoms with Crippen LogP contribution in [0.1, 0.15) is 34.2 Å². The molecule has 0 fully saturated rings. The first-order chi connectivity index (χ1) is 15.6. The van der Waals surface area contributed by atoms with Crippen molar-refractivity contribution in [2.24, 2.45) is 0 Å². The van der Waals surface area contributed by atoms with Crippen LogP contribution in [0.15, 0.2) is 84.0 Å². The summed E-state index contributed by atoms with van der Waals surface area (Å²) >= 11 is 1.63. The zero-order valence-corrected chi connectivity index (χ0v) is 18.5. The number of halogens is 1. The van der Waals surface area contributed by atoms with Gasteiger partial charge in [-0.15, -0.1) is 10.2 Å². The van der Waals surface area contributed by atoms with Gasteiger partial charge in [-0.25, -0.2) is 4.39 Å². The number of nitrogens with zero attached hydrogens (tertiary/aromatic N) is 3. The highest BCUT2D eigenvalue weighted by atomic mass is 32.2. The van der Waals surface area contributed by atoms with E-state index in [-0.39, 0.29) is 11.7 Å². The molecular weight excluding hydrogens is 423 g/mol. The second-order valence-corrected chi connectivity index (χ2v) is 8.21. The van der Waals surface area contributed by atoms with Gasteiger partial charge >= 0.3 is 0 Å². The van der Waals surface area contributed by atoms with Crippen molar-refractivity contribution >= 4 is 23.4 Å². The van der Waals surface area contributed by atoms with Crippen molar-refractivity contribution in [3.8, 4) is 0 Å². The van der Waals surface area contributed by atoms with Crippen LogP contribution >= 0.6 is 11.8 Å². The van der Waals surface area contributed by atoms with E-state index >= 15 is 0 Å². The van der Waals surface area contributed by atoms with Crippen LogP contribution in [0.2, 0.25) is 0 Å². The van der Waals surface area contributed by atoms with Crippen LogP contribution in [0.25, 0.3) is 0 Å². The lowest BCUT2D eigenvalue weighted by Crippen LogP contribution is -2.11. The van der Waals surface area contributed by atoms with Gasteiger partial charge in [0.2, 0.25) is 0 Å². The van der Waals surface area contributed by atoms with Crippen molar-refractivity contribution in [2.75, 3.05) is 5.32 Å². The molecule has 4 rings (SSSR count). The van der Waals surface area contributed by atoms with Crippen LogP contribution in [0.4, 0.5) is 10.1 Å². The largest absolute Gasteiger partial charge is 0.322 e. The minimum Gasteiger partial charge on any atom is -0.322 e. The number of amides is 1. The van der Waals surface area contributed by atoms with Crippen molar-refractivity contribution < 1.29 is 9.18 Å². The van der Waals surface area contributed by atoms with Gasteiger partial charge in [-0.1, -0.05) is 61.2 Å². The van der Waals surface area contributed by atoms with Gasteiger partial charge in [0.05, 0.1) is 6.54 Å². The Hall–Kier alpha value is -3.45. The summed E-state index contributed by atoms with van der Waals surface area (Å²) in [7, 11) is 0. The van der Waals surface area contributed by atoms with E-state index in [9.17, 15) is 9.18 Å². The topological polar surface area (TPSA) is 59.8 Å². The van der Waals surface area contributed by atoms with Gasteiger partial charge in [-0.2, -0.15) is 0 Å². The van der Waals surface area contributed by atoms with E-state index < -0.39 is 0 Å².